The molecule has 2 N–H and O–H groups in total. The van der Waals surface area contributed by atoms with Crippen LogP contribution in [-0.2, 0) is 4.74 Å². The van der Waals surface area contributed by atoms with Crippen LogP contribution in [0.2, 0.25) is 0 Å². The smallest absolute Gasteiger partial charge is 0.127 e. The summed E-state index contributed by atoms with van der Waals surface area (Å²) in [4.78, 5) is 4.68. The molecule has 0 amide bonds. The van der Waals surface area contributed by atoms with Gasteiger partial charge < -0.3 is 19.7 Å². The Morgan fingerprint density at radius 1 is 0.906 bits per heavy atom. The Morgan fingerprint density at radius 2 is 1.62 bits per heavy atom. The number of phenolic OH excluding ortho intramolecular Hbond substituents is 1. The van der Waals surface area contributed by atoms with Crippen molar-refractivity contribution in [2.24, 2.45) is 0 Å². The molecule has 0 spiro atoms. The van der Waals surface area contributed by atoms with Crippen molar-refractivity contribution in [1.29, 1.82) is 0 Å². The van der Waals surface area contributed by atoms with Crippen LogP contribution in [-0.4, -0.2) is 85.7 Å². The van der Waals surface area contributed by atoms with Crippen molar-refractivity contribution in [3.8, 4) is 22.6 Å². The van der Waals surface area contributed by atoms with Gasteiger partial charge in [0.25, 0.3) is 0 Å². The van der Waals surface area contributed by atoms with Crippen molar-refractivity contribution in [3.05, 3.63) is 60.7 Å². The first-order valence-electron chi connectivity index (χ1n) is 11.2. The van der Waals surface area contributed by atoms with Crippen LogP contribution in [0.15, 0.2) is 60.7 Å². The largest absolute Gasteiger partial charge is 0.508 e. The van der Waals surface area contributed by atoms with E-state index in [0.717, 1.165) is 67.0 Å². The predicted molar refractivity (Wildman–Crippen MR) is 127 cm³/mol. The molecule has 1 atom stereocenters. The second kappa shape index (κ2) is 10.8. The lowest BCUT2D eigenvalue weighted by Crippen LogP contribution is -2.49. The molecular weight excluding hydrogens is 404 g/mol. The van der Waals surface area contributed by atoms with Crippen LogP contribution in [0, 0.1) is 0 Å². The molecule has 3 aromatic rings. The summed E-state index contributed by atoms with van der Waals surface area (Å²) in [6.07, 6.45) is -0.570. The van der Waals surface area contributed by atoms with Crippen LogP contribution in [0.5, 0.6) is 11.5 Å². The van der Waals surface area contributed by atoms with Crippen LogP contribution >= 0.6 is 0 Å². The van der Waals surface area contributed by atoms with Crippen molar-refractivity contribution in [3.63, 3.8) is 0 Å². The molecule has 1 aliphatic rings. The molecule has 0 saturated carbocycles. The molecule has 0 aromatic heterocycles. The number of aliphatic hydroxyl groups is 1. The third-order valence-electron chi connectivity index (χ3n) is 6.02. The second-order valence-corrected chi connectivity index (χ2v) is 8.31. The number of aromatic hydroxyl groups is 1. The second-order valence-electron chi connectivity index (χ2n) is 8.31. The van der Waals surface area contributed by atoms with Gasteiger partial charge >= 0.3 is 0 Å². The SMILES string of the molecule is COCCN1CCN(CC(O)COc2ccc3ccccc3c2-c2ccc(O)cc2)CC1. The third kappa shape index (κ3) is 5.58. The fourth-order valence-corrected chi connectivity index (χ4v) is 4.25. The Morgan fingerprint density at radius 3 is 2.38 bits per heavy atom. The molecule has 6 nitrogen and oxygen atoms in total. The monoisotopic (exact) mass is 436 g/mol. The number of piperazine rings is 1. The molecule has 1 aliphatic heterocycles. The van der Waals surface area contributed by atoms with Gasteiger partial charge in [-0.2, -0.15) is 0 Å². The number of benzene rings is 3. The van der Waals surface area contributed by atoms with Gasteiger partial charge in [0.1, 0.15) is 24.2 Å². The van der Waals surface area contributed by atoms with E-state index in [2.05, 4.69) is 21.9 Å². The minimum atomic E-state index is -0.570. The van der Waals surface area contributed by atoms with Crippen molar-refractivity contribution in [1.82, 2.24) is 9.80 Å². The minimum Gasteiger partial charge on any atom is -0.508 e. The Hall–Kier alpha value is -2.64. The number of fused-ring (bicyclic) bond motifs is 1. The van der Waals surface area contributed by atoms with Crippen molar-refractivity contribution in [2.75, 3.05) is 59.6 Å². The van der Waals surface area contributed by atoms with Gasteiger partial charge in [0, 0.05) is 51.9 Å². The maximum absolute atomic E-state index is 10.6. The van der Waals surface area contributed by atoms with Crippen LogP contribution < -0.4 is 4.74 Å². The van der Waals surface area contributed by atoms with Gasteiger partial charge in [-0.25, -0.2) is 0 Å². The average molecular weight is 437 g/mol. The number of hydrogen-bond acceptors (Lipinski definition) is 6. The summed E-state index contributed by atoms with van der Waals surface area (Å²) in [6, 6.07) is 19.3. The number of β-amino-alcohol motifs (C(OH)–C–C–N with tert-alkyl or cyclic N) is 1. The summed E-state index contributed by atoms with van der Waals surface area (Å²) >= 11 is 0. The lowest BCUT2D eigenvalue weighted by atomic mass is 9.97. The first kappa shape index (κ1) is 22.6. The highest BCUT2D eigenvalue weighted by molar-refractivity contribution is 5.99. The van der Waals surface area contributed by atoms with E-state index in [-0.39, 0.29) is 12.4 Å². The van der Waals surface area contributed by atoms with Gasteiger partial charge in [-0.3, -0.25) is 9.80 Å². The van der Waals surface area contributed by atoms with Crippen LogP contribution in [0.1, 0.15) is 0 Å². The number of nitrogens with zero attached hydrogens (tertiary/aromatic N) is 2. The molecule has 1 unspecified atom stereocenters. The Labute approximate surface area is 189 Å². The third-order valence-corrected chi connectivity index (χ3v) is 6.02. The first-order chi connectivity index (χ1) is 15.6. The van der Waals surface area contributed by atoms with Crippen LogP contribution in [0.4, 0.5) is 0 Å². The summed E-state index contributed by atoms with van der Waals surface area (Å²) in [7, 11) is 1.73. The lowest BCUT2D eigenvalue weighted by molar-refractivity contribution is 0.0407. The summed E-state index contributed by atoms with van der Waals surface area (Å²) < 4.78 is 11.3. The van der Waals surface area contributed by atoms with Crippen LogP contribution in [0.25, 0.3) is 21.9 Å². The van der Waals surface area contributed by atoms with Gasteiger partial charge in [-0.15, -0.1) is 0 Å². The molecule has 1 fully saturated rings. The topological polar surface area (TPSA) is 65.4 Å². The summed E-state index contributed by atoms with van der Waals surface area (Å²) in [5.41, 5.74) is 1.94. The Bertz CT molecular complexity index is 1000. The normalized spacial score (nSPS) is 16.3. The molecule has 6 heteroatoms. The zero-order valence-corrected chi connectivity index (χ0v) is 18.6. The zero-order chi connectivity index (χ0) is 22.3. The maximum Gasteiger partial charge on any atom is 0.127 e. The molecule has 3 aromatic carbocycles. The maximum atomic E-state index is 10.6. The fourth-order valence-electron chi connectivity index (χ4n) is 4.25. The molecule has 0 radical (unpaired) electrons. The van der Waals surface area contributed by atoms with Crippen LogP contribution in [0.3, 0.4) is 0 Å². The van der Waals surface area contributed by atoms with E-state index >= 15 is 0 Å². The number of rotatable bonds is 9. The van der Waals surface area contributed by atoms with E-state index in [1.807, 2.05) is 36.4 Å². The Balaban J connectivity index is 1.42. The molecule has 170 valence electrons. The highest BCUT2D eigenvalue weighted by atomic mass is 16.5. The van der Waals surface area contributed by atoms with Gasteiger partial charge in [0.15, 0.2) is 0 Å². The fraction of sp³-hybridized carbons (Fsp3) is 0.385. The molecule has 4 rings (SSSR count). The highest BCUT2D eigenvalue weighted by Crippen LogP contribution is 2.37. The number of phenols is 1. The average Bonchev–Trinajstić information content (AvgIpc) is 2.82. The highest BCUT2D eigenvalue weighted by Gasteiger charge is 2.20. The molecule has 32 heavy (non-hydrogen) atoms. The van der Waals surface area contributed by atoms with Gasteiger partial charge in [0.05, 0.1) is 6.61 Å². The first-order valence-corrected chi connectivity index (χ1v) is 11.2. The van der Waals surface area contributed by atoms with E-state index in [9.17, 15) is 10.2 Å². The van der Waals surface area contributed by atoms with Gasteiger partial charge in [-0.1, -0.05) is 42.5 Å². The Kier molecular flexibility index (Phi) is 7.60. The van der Waals surface area contributed by atoms with Gasteiger partial charge in [-0.05, 0) is 34.5 Å². The summed E-state index contributed by atoms with van der Waals surface area (Å²) in [5, 5.41) is 22.5. The number of aliphatic hydroxyl groups excluding tert-OH is 1. The van der Waals surface area contributed by atoms with E-state index in [0.29, 0.717) is 6.54 Å². The quantitative estimate of drug-likeness (QED) is 0.537. The number of methoxy groups -OCH3 is 1. The molecule has 0 aliphatic carbocycles. The summed E-state index contributed by atoms with van der Waals surface area (Å²) in [5.74, 6) is 0.965. The number of hydrogen-bond donors (Lipinski definition) is 2. The molecule has 1 saturated heterocycles. The van der Waals surface area contributed by atoms with Crippen molar-refractivity contribution >= 4 is 10.8 Å². The minimum absolute atomic E-state index is 0.229. The number of ether oxygens (including phenoxy) is 2. The zero-order valence-electron chi connectivity index (χ0n) is 18.6. The predicted octanol–water partition coefficient (Wildman–Crippen LogP) is 3.22. The molecule has 1 heterocycles. The van der Waals surface area contributed by atoms with Crippen molar-refractivity contribution in [2.45, 2.75) is 6.10 Å². The summed E-state index contributed by atoms with van der Waals surface area (Å²) in [6.45, 7) is 6.40. The van der Waals surface area contributed by atoms with Gasteiger partial charge in [0.2, 0.25) is 0 Å². The van der Waals surface area contributed by atoms with E-state index in [1.165, 1.54) is 0 Å². The van der Waals surface area contributed by atoms with Crippen molar-refractivity contribution < 1.29 is 19.7 Å². The lowest BCUT2D eigenvalue weighted by Gasteiger charge is -2.35. The van der Waals surface area contributed by atoms with E-state index in [4.69, 9.17) is 9.47 Å². The molecular formula is C26H32N2O4. The standard InChI is InChI=1S/C26H32N2O4/c1-31-17-16-27-12-14-28(15-13-27)18-23(30)19-32-25-11-8-20-4-2-3-5-24(20)26(25)21-6-9-22(29)10-7-21/h2-11,23,29-30H,12-19H2,1H3. The van der Waals surface area contributed by atoms with E-state index < -0.39 is 6.10 Å². The van der Waals surface area contributed by atoms with E-state index in [1.54, 1.807) is 19.2 Å². The molecule has 0 bridgehead atoms.